The number of benzene rings is 1. The van der Waals surface area contributed by atoms with E-state index in [0.29, 0.717) is 22.4 Å². The van der Waals surface area contributed by atoms with E-state index in [0.717, 1.165) is 16.8 Å². The minimum atomic E-state index is 0.407. The average molecular weight is 328 g/mol. The van der Waals surface area contributed by atoms with Crippen LogP contribution in [0.3, 0.4) is 0 Å². The Morgan fingerprint density at radius 2 is 2.17 bits per heavy atom. The third kappa shape index (κ3) is 3.35. The first kappa shape index (κ1) is 15.1. The molecule has 0 radical (unpaired) electrons. The van der Waals surface area contributed by atoms with E-state index in [1.54, 1.807) is 18.3 Å². The Bertz CT molecular complexity index is 859. The van der Waals surface area contributed by atoms with Gasteiger partial charge in [0.25, 0.3) is 6.01 Å². The molecule has 0 aliphatic carbocycles. The molecule has 0 bridgehead atoms. The molecule has 5 nitrogen and oxygen atoms in total. The molecule has 0 fully saturated rings. The predicted molar refractivity (Wildman–Crippen MR) is 90.9 cm³/mol. The van der Waals surface area contributed by atoms with E-state index in [2.05, 4.69) is 21.9 Å². The Morgan fingerprint density at radius 3 is 2.87 bits per heavy atom. The standard InChI is InChI=1S/C17H14ClN3O2/c1-3-12(16-9-19-10-22-16)13(18)8-11(2)20-17-21-14-6-4-5-7-15(14)23-17/h3-10H,1H2,2H3,(H,20,21)/b11-8+,13-12-. The highest BCUT2D eigenvalue weighted by molar-refractivity contribution is 6.34. The van der Waals surface area contributed by atoms with Crippen LogP contribution in [-0.4, -0.2) is 9.97 Å². The zero-order chi connectivity index (χ0) is 16.2. The van der Waals surface area contributed by atoms with Crippen LogP contribution in [0, 0.1) is 0 Å². The van der Waals surface area contributed by atoms with Crippen LogP contribution in [0.4, 0.5) is 6.01 Å². The molecule has 0 spiro atoms. The number of rotatable bonds is 5. The molecule has 2 aromatic heterocycles. The number of hydrogen-bond donors (Lipinski definition) is 1. The van der Waals surface area contributed by atoms with Crippen LogP contribution in [0.2, 0.25) is 0 Å². The molecule has 0 saturated carbocycles. The zero-order valence-electron chi connectivity index (χ0n) is 12.4. The van der Waals surface area contributed by atoms with Crippen LogP contribution < -0.4 is 5.32 Å². The van der Waals surface area contributed by atoms with Crippen molar-refractivity contribution in [3.8, 4) is 0 Å². The number of oxazole rings is 2. The van der Waals surface area contributed by atoms with Gasteiger partial charge in [-0.1, -0.05) is 36.4 Å². The molecule has 1 aromatic carbocycles. The fourth-order valence-corrected chi connectivity index (χ4v) is 2.40. The lowest BCUT2D eigenvalue weighted by atomic mass is 10.2. The van der Waals surface area contributed by atoms with Crippen LogP contribution in [-0.2, 0) is 0 Å². The van der Waals surface area contributed by atoms with Crippen molar-refractivity contribution in [2.45, 2.75) is 6.92 Å². The minimum Gasteiger partial charge on any atom is -0.443 e. The van der Waals surface area contributed by atoms with E-state index in [-0.39, 0.29) is 0 Å². The molecule has 3 aromatic rings. The van der Waals surface area contributed by atoms with Crippen molar-refractivity contribution < 1.29 is 8.83 Å². The molecule has 2 heterocycles. The maximum atomic E-state index is 6.33. The lowest BCUT2D eigenvalue weighted by Crippen LogP contribution is -1.96. The molecule has 0 saturated heterocycles. The van der Waals surface area contributed by atoms with Gasteiger partial charge in [-0.25, -0.2) is 4.98 Å². The summed E-state index contributed by atoms with van der Waals surface area (Å²) in [5.74, 6) is 0.552. The highest BCUT2D eigenvalue weighted by Crippen LogP contribution is 2.25. The minimum absolute atomic E-state index is 0.407. The highest BCUT2D eigenvalue weighted by Gasteiger charge is 2.08. The number of allylic oxidation sites excluding steroid dienone is 5. The van der Waals surface area contributed by atoms with Gasteiger partial charge in [0.2, 0.25) is 0 Å². The fourth-order valence-electron chi connectivity index (χ4n) is 2.06. The van der Waals surface area contributed by atoms with E-state index in [4.69, 9.17) is 20.4 Å². The van der Waals surface area contributed by atoms with Crippen molar-refractivity contribution in [1.29, 1.82) is 0 Å². The van der Waals surface area contributed by atoms with Gasteiger partial charge < -0.3 is 14.2 Å². The van der Waals surface area contributed by atoms with Crippen LogP contribution in [0.25, 0.3) is 16.7 Å². The third-order valence-corrected chi connectivity index (χ3v) is 3.41. The van der Waals surface area contributed by atoms with E-state index in [1.807, 2.05) is 31.2 Å². The Hall–Kier alpha value is -2.79. The zero-order valence-corrected chi connectivity index (χ0v) is 13.2. The number of nitrogens with zero attached hydrogens (tertiary/aromatic N) is 2. The highest BCUT2D eigenvalue weighted by atomic mass is 35.5. The molecular weight excluding hydrogens is 314 g/mol. The predicted octanol–water partition coefficient (Wildman–Crippen LogP) is 4.97. The summed E-state index contributed by atoms with van der Waals surface area (Å²) in [7, 11) is 0. The maximum Gasteiger partial charge on any atom is 0.299 e. The molecule has 116 valence electrons. The van der Waals surface area contributed by atoms with Gasteiger partial charge >= 0.3 is 0 Å². The van der Waals surface area contributed by atoms with Crippen LogP contribution >= 0.6 is 11.6 Å². The van der Waals surface area contributed by atoms with Gasteiger partial charge in [-0.3, -0.25) is 0 Å². The molecule has 23 heavy (non-hydrogen) atoms. The monoisotopic (exact) mass is 327 g/mol. The number of aromatic nitrogens is 2. The fraction of sp³-hybridized carbons (Fsp3) is 0.0588. The first-order valence-electron chi connectivity index (χ1n) is 6.89. The van der Waals surface area contributed by atoms with E-state index in [1.165, 1.54) is 6.39 Å². The second-order valence-corrected chi connectivity index (χ2v) is 5.18. The quantitative estimate of drug-likeness (QED) is 0.670. The van der Waals surface area contributed by atoms with Gasteiger partial charge in [0, 0.05) is 11.3 Å². The summed E-state index contributed by atoms with van der Waals surface area (Å²) in [4.78, 5) is 8.22. The van der Waals surface area contributed by atoms with Crippen LogP contribution in [0.15, 0.2) is 75.2 Å². The van der Waals surface area contributed by atoms with Crippen molar-refractivity contribution in [3.63, 3.8) is 0 Å². The van der Waals surface area contributed by atoms with Gasteiger partial charge in [0.05, 0.1) is 11.2 Å². The van der Waals surface area contributed by atoms with Crippen molar-refractivity contribution in [1.82, 2.24) is 9.97 Å². The largest absolute Gasteiger partial charge is 0.443 e. The van der Waals surface area contributed by atoms with Crippen molar-refractivity contribution in [3.05, 3.63) is 72.1 Å². The molecule has 0 aliphatic rings. The second kappa shape index (κ2) is 6.54. The number of hydrogen-bond acceptors (Lipinski definition) is 5. The SMILES string of the molecule is C=C/C(=C(Cl)\C=C(/C)Nc1nc2ccccc2o1)c1cnco1. The lowest BCUT2D eigenvalue weighted by Gasteiger charge is -2.03. The number of halogens is 1. The summed E-state index contributed by atoms with van der Waals surface area (Å²) >= 11 is 6.33. The Balaban J connectivity index is 1.85. The molecular formula is C17H14ClN3O2. The summed E-state index contributed by atoms with van der Waals surface area (Å²) in [5, 5.41) is 3.54. The summed E-state index contributed by atoms with van der Waals surface area (Å²) in [5.41, 5.74) is 2.93. The number of anilines is 1. The summed E-state index contributed by atoms with van der Waals surface area (Å²) in [6.45, 7) is 5.61. The normalized spacial score (nSPS) is 13.0. The van der Waals surface area contributed by atoms with Crippen molar-refractivity contribution >= 4 is 34.3 Å². The topological polar surface area (TPSA) is 64.1 Å². The molecule has 1 N–H and O–H groups in total. The Kier molecular flexibility index (Phi) is 4.30. The first-order chi connectivity index (χ1) is 11.2. The number of nitrogens with one attached hydrogen (secondary N) is 1. The maximum absolute atomic E-state index is 6.33. The lowest BCUT2D eigenvalue weighted by molar-refractivity contribution is 0.545. The Morgan fingerprint density at radius 1 is 1.35 bits per heavy atom. The Labute approximate surface area is 138 Å². The molecule has 3 rings (SSSR count). The number of fused-ring (bicyclic) bond motifs is 1. The average Bonchev–Trinajstić information content (AvgIpc) is 3.16. The van der Waals surface area contributed by atoms with Crippen LogP contribution in [0.1, 0.15) is 12.7 Å². The number of para-hydroxylation sites is 2. The molecule has 0 atom stereocenters. The summed E-state index contributed by atoms with van der Waals surface area (Å²) in [6.07, 6.45) is 6.29. The molecule has 6 heteroatoms. The van der Waals surface area contributed by atoms with E-state index < -0.39 is 0 Å². The van der Waals surface area contributed by atoms with Gasteiger partial charge in [-0.15, -0.1) is 0 Å². The summed E-state index contributed by atoms with van der Waals surface area (Å²) < 4.78 is 10.9. The van der Waals surface area contributed by atoms with Crippen molar-refractivity contribution in [2.24, 2.45) is 0 Å². The third-order valence-electron chi connectivity index (χ3n) is 3.10. The van der Waals surface area contributed by atoms with E-state index >= 15 is 0 Å². The molecule has 0 aliphatic heterocycles. The molecule has 0 unspecified atom stereocenters. The second-order valence-electron chi connectivity index (χ2n) is 4.77. The molecule has 0 amide bonds. The van der Waals surface area contributed by atoms with Gasteiger partial charge in [-0.05, 0) is 25.1 Å². The first-order valence-corrected chi connectivity index (χ1v) is 7.27. The van der Waals surface area contributed by atoms with Gasteiger partial charge in [-0.2, -0.15) is 4.98 Å². The van der Waals surface area contributed by atoms with Crippen LogP contribution in [0.5, 0.6) is 0 Å². The van der Waals surface area contributed by atoms with E-state index in [9.17, 15) is 0 Å². The van der Waals surface area contributed by atoms with Gasteiger partial charge in [0.15, 0.2) is 17.7 Å². The smallest absolute Gasteiger partial charge is 0.299 e. The summed E-state index contributed by atoms with van der Waals surface area (Å²) in [6, 6.07) is 7.96. The van der Waals surface area contributed by atoms with Crippen molar-refractivity contribution in [2.75, 3.05) is 5.32 Å². The van der Waals surface area contributed by atoms with Gasteiger partial charge in [0.1, 0.15) is 5.52 Å².